The molecule has 1 fully saturated rings. The molecule has 3 rings (SSSR count). The second kappa shape index (κ2) is 7.27. The Morgan fingerprint density at radius 2 is 1.96 bits per heavy atom. The first-order valence-electron chi connectivity index (χ1n) is 7.95. The van der Waals surface area contributed by atoms with Gasteiger partial charge in [0.15, 0.2) is 0 Å². The van der Waals surface area contributed by atoms with Gasteiger partial charge >= 0.3 is 0 Å². The monoisotopic (exact) mass is 329 g/mol. The van der Waals surface area contributed by atoms with Crippen LogP contribution in [0.15, 0.2) is 47.1 Å². The summed E-state index contributed by atoms with van der Waals surface area (Å²) in [6.45, 7) is 2.40. The quantitative estimate of drug-likeness (QED) is 0.650. The number of nitro benzene ring substituents is 1. The Morgan fingerprint density at radius 3 is 2.54 bits per heavy atom. The highest BCUT2D eigenvalue weighted by Gasteiger charge is 2.26. The summed E-state index contributed by atoms with van der Waals surface area (Å²) in [7, 11) is 0. The van der Waals surface area contributed by atoms with E-state index >= 15 is 0 Å². The molecule has 126 valence electrons. The van der Waals surface area contributed by atoms with Crippen molar-refractivity contribution in [3.05, 3.63) is 64.1 Å². The lowest BCUT2D eigenvalue weighted by Gasteiger charge is -2.26. The summed E-state index contributed by atoms with van der Waals surface area (Å²) in [5.41, 5.74) is 0.372. The number of benzene rings is 1. The van der Waals surface area contributed by atoms with E-state index in [1.165, 1.54) is 24.3 Å². The molecule has 0 bridgehead atoms. The molecule has 2 aromatic rings. The highest BCUT2D eigenvalue weighted by molar-refractivity contribution is 5.94. The van der Waals surface area contributed by atoms with Crippen molar-refractivity contribution in [3.8, 4) is 0 Å². The number of hydrogen-bond acceptors (Lipinski definition) is 5. The van der Waals surface area contributed by atoms with Crippen LogP contribution in [0.4, 0.5) is 5.69 Å². The van der Waals surface area contributed by atoms with E-state index in [2.05, 4.69) is 10.2 Å². The average Bonchev–Trinajstić information content (AvgIpc) is 3.29. The molecule has 0 saturated carbocycles. The molecule has 0 unspecified atom stereocenters. The Bertz CT molecular complexity index is 691. The number of nitro groups is 1. The van der Waals surface area contributed by atoms with Crippen molar-refractivity contribution in [1.29, 1.82) is 0 Å². The normalized spacial score (nSPS) is 16.0. The summed E-state index contributed by atoms with van der Waals surface area (Å²) in [4.78, 5) is 24.8. The predicted octanol–water partition coefficient (Wildman–Crippen LogP) is 2.75. The van der Waals surface area contributed by atoms with Gasteiger partial charge in [-0.25, -0.2) is 0 Å². The largest absolute Gasteiger partial charge is 0.468 e. The molecule has 1 saturated heterocycles. The second-order valence-corrected chi connectivity index (χ2v) is 5.79. The Hall–Kier alpha value is -2.67. The average molecular weight is 329 g/mol. The lowest BCUT2D eigenvalue weighted by Crippen LogP contribution is -2.36. The van der Waals surface area contributed by atoms with Crippen molar-refractivity contribution in [3.63, 3.8) is 0 Å². The fraction of sp³-hybridized carbons (Fsp3) is 0.353. The van der Waals surface area contributed by atoms with Gasteiger partial charge in [0, 0.05) is 24.2 Å². The van der Waals surface area contributed by atoms with E-state index in [4.69, 9.17) is 4.42 Å². The van der Waals surface area contributed by atoms with Crippen LogP contribution in [0.2, 0.25) is 0 Å². The van der Waals surface area contributed by atoms with E-state index in [0.717, 1.165) is 31.7 Å². The zero-order valence-corrected chi connectivity index (χ0v) is 13.2. The molecule has 1 N–H and O–H groups in total. The number of carbonyl (C=O) groups excluding carboxylic acids is 1. The maximum Gasteiger partial charge on any atom is 0.269 e. The molecule has 1 atom stereocenters. The Kier molecular flexibility index (Phi) is 4.90. The third-order valence-corrected chi connectivity index (χ3v) is 4.25. The highest BCUT2D eigenvalue weighted by atomic mass is 16.6. The fourth-order valence-electron chi connectivity index (χ4n) is 2.97. The van der Waals surface area contributed by atoms with E-state index < -0.39 is 4.92 Å². The van der Waals surface area contributed by atoms with Crippen molar-refractivity contribution >= 4 is 11.6 Å². The summed E-state index contributed by atoms with van der Waals surface area (Å²) < 4.78 is 5.52. The van der Waals surface area contributed by atoms with Crippen LogP contribution < -0.4 is 5.32 Å². The van der Waals surface area contributed by atoms with Gasteiger partial charge < -0.3 is 9.73 Å². The topological polar surface area (TPSA) is 88.6 Å². The summed E-state index contributed by atoms with van der Waals surface area (Å²) >= 11 is 0. The standard InChI is InChI=1S/C17H19N3O4/c21-17(13-5-7-14(8-6-13)20(22)23)18-12-15(16-4-3-11-24-16)19-9-1-2-10-19/h3-8,11,15H,1-2,9-10,12H2,(H,18,21)/t15-/m0/s1. The number of likely N-dealkylation sites (tertiary alicyclic amines) is 1. The second-order valence-electron chi connectivity index (χ2n) is 5.79. The van der Waals surface area contributed by atoms with Gasteiger partial charge in [0.05, 0.1) is 17.2 Å². The summed E-state index contributed by atoms with van der Waals surface area (Å²) in [6.07, 6.45) is 3.93. The molecule has 7 heteroatoms. The van der Waals surface area contributed by atoms with Crippen LogP contribution in [0.5, 0.6) is 0 Å². The third kappa shape index (κ3) is 3.62. The van der Waals surface area contributed by atoms with Crippen LogP contribution in [0.1, 0.15) is 35.0 Å². The van der Waals surface area contributed by atoms with Crippen LogP contribution in [0, 0.1) is 10.1 Å². The number of non-ortho nitro benzene ring substituents is 1. The first kappa shape index (κ1) is 16.2. The number of amides is 1. The fourth-order valence-corrected chi connectivity index (χ4v) is 2.97. The van der Waals surface area contributed by atoms with E-state index in [-0.39, 0.29) is 17.6 Å². The van der Waals surface area contributed by atoms with Crippen LogP contribution >= 0.6 is 0 Å². The molecular formula is C17H19N3O4. The SMILES string of the molecule is O=C(NC[C@@H](c1ccco1)N1CCCC1)c1ccc([N+](=O)[O-])cc1. The van der Waals surface area contributed by atoms with Gasteiger partial charge in [-0.2, -0.15) is 0 Å². The Balaban J connectivity index is 1.65. The minimum absolute atomic E-state index is 0.00417. The molecule has 7 nitrogen and oxygen atoms in total. The molecule has 24 heavy (non-hydrogen) atoms. The van der Waals surface area contributed by atoms with Gasteiger partial charge in [-0.15, -0.1) is 0 Å². The minimum atomic E-state index is -0.484. The molecule has 0 aliphatic carbocycles. The first-order chi connectivity index (χ1) is 11.6. The number of nitrogens with one attached hydrogen (secondary N) is 1. The number of nitrogens with zero attached hydrogens (tertiary/aromatic N) is 2. The van der Waals surface area contributed by atoms with E-state index in [0.29, 0.717) is 12.1 Å². The molecule has 1 amide bonds. The van der Waals surface area contributed by atoms with Crippen molar-refractivity contribution < 1.29 is 14.1 Å². The van der Waals surface area contributed by atoms with Crippen LogP contribution in [0.3, 0.4) is 0 Å². The van der Waals surface area contributed by atoms with Gasteiger partial charge in [-0.3, -0.25) is 19.8 Å². The van der Waals surface area contributed by atoms with Gasteiger partial charge in [-0.1, -0.05) is 0 Å². The molecule has 1 aromatic heterocycles. The number of rotatable bonds is 6. The van der Waals surface area contributed by atoms with Gasteiger partial charge in [0.1, 0.15) is 5.76 Å². The number of hydrogen-bond donors (Lipinski definition) is 1. The van der Waals surface area contributed by atoms with E-state index in [1.54, 1.807) is 6.26 Å². The maximum atomic E-state index is 12.3. The lowest BCUT2D eigenvalue weighted by molar-refractivity contribution is -0.384. The number of furan rings is 1. The lowest BCUT2D eigenvalue weighted by atomic mass is 10.1. The van der Waals surface area contributed by atoms with Crippen molar-refractivity contribution in [2.24, 2.45) is 0 Å². The van der Waals surface area contributed by atoms with Crippen LogP contribution in [-0.2, 0) is 0 Å². The maximum absolute atomic E-state index is 12.3. The zero-order valence-electron chi connectivity index (χ0n) is 13.2. The molecular weight excluding hydrogens is 310 g/mol. The predicted molar refractivity (Wildman–Crippen MR) is 87.7 cm³/mol. The van der Waals surface area contributed by atoms with E-state index in [9.17, 15) is 14.9 Å². The Morgan fingerprint density at radius 1 is 1.25 bits per heavy atom. The third-order valence-electron chi connectivity index (χ3n) is 4.25. The summed E-state index contributed by atoms with van der Waals surface area (Å²) in [6, 6.07) is 9.36. The molecule has 1 aliphatic rings. The van der Waals surface area contributed by atoms with Crippen molar-refractivity contribution in [1.82, 2.24) is 10.2 Å². The van der Waals surface area contributed by atoms with Gasteiger partial charge in [0.25, 0.3) is 11.6 Å². The first-order valence-corrected chi connectivity index (χ1v) is 7.95. The number of carbonyl (C=O) groups is 1. The van der Waals surface area contributed by atoms with E-state index in [1.807, 2.05) is 12.1 Å². The van der Waals surface area contributed by atoms with Crippen molar-refractivity contribution in [2.45, 2.75) is 18.9 Å². The summed E-state index contributed by atoms with van der Waals surface area (Å²) in [5, 5.41) is 13.6. The van der Waals surface area contributed by atoms with Gasteiger partial charge in [0.2, 0.25) is 0 Å². The molecule has 0 spiro atoms. The van der Waals surface area contributed by atoms with Crippen molar-refractivity contribution in [2.75, 3.05) is 19.6 Å². The Labute approximate surface area is 139 Å². The highest BCUT2D eigenvalue weighted by Crippen LogP contribution is 2.25. The minimum Gasteiger partial charge on any atom is -0.468 e. The van der Waals surface area contributed by atoms with Crippen LogP contribution in [-0.4, -0.2) is 35.4 Å². The van der Waals surface area contributed by atoms with Gasteiger partial charge in [-0.05, 0) is 50.2 Å². The smallest absolute Gasteiger partial charge is 0.269 e. The molecule has 0 radical (unpaired) electrons. The molecule has 2 heterocycles. The summed E-state index contributed by atoms with van der Waals surface area (Å²) in [5.74, 6) is 0.585. The molecule has 1 aromatic carbocycles. The zero-order chi connectivity index (χ0) is 16.9. The van der Waals surface area contributed by atoms with Crippen LogP contribution in [0.25, 0.3) is 0 Å². The molecule has 1 aliphatic heterocycles.